The molecule has 0 amide bonds. The normalized spacial score (nSPS) is 12.0. The van der Waals surface area contributed by atoms with Crippen molar-refractivity contribution >= 4 is 15.8 Å². The summed E-state index contributed by atoms with van der Waals surface area (Å²) in [6.07, 6.45) is 29.7. The molecule has 0 aromatic carbocycles. The van der Waals surface area contributed by atoms with E-state index in [-0.39, 0.29) is 15.8 Å². The lowest BCUT2D eigenvalue weighted by molar-refractivity contribution is 0.692. The Balaban J connectivity index is 4.69. The minimum Gasteiger partial charge on any atom is -0.0994 e. The van der Waals surface area contributed by atoms with E-state index in [0.717, 1.165) is 5.40 Å². The van der Waals surface area contributed by atoms with E-state index in [4.69, 9.17) is 0 Å². The highest BCUT2D eigenvalue weighted by Crippen LogP contribution is 2.59. The van der Waals surface area contributed by atoms with Crippen LogP contribution in [-0.4, -0.2) is 30.0 Å². The fraction of sp³-hybridized carbons (Fsp3) is 1.00. The summed E-state index contributed by atoms with van der Waals surface area (Å²) in [5, 5.41) is 1.08. The monoisotopic (exact) mass is 430 g/mol. The van der Waals surface area contributed by atoms with Gasteiger partial charge >= 0.3 is 0 Å². The Kier molecular flexibility index (Phi) is 23.2. The molecule has 0 radical (unpaired) electrons. The van der Waals surface area contributed by atoms with Crippen molar-refractivity contribution < 1.29 is 0 Å². The average Bonchev–Trinajstić information content (AvgIpc) is 2.71. The summed E-state index contributed by atoms with van der Waals surface area (Å²) in [4.78, 5) is 0. The Morgan fingerprint density at radius 2 is 0.643 bits per heavy atom. The third kappa shape index (κ3) is 16.6. The summed E-state index contributed by atoms with van der Waals surface area (Å²) in [6.45, 7) is 12.1. The highest BCUT2D eigenvalue weighted by Gasteiger charge is 2.23. The zero-order valence-corrected chi connectivity index (χ0v) is 22.4. The predicted molar refractivity (Wildman–Crippen MR) is 139 cm³/mol. The topological polar surface area (TPSA) is 0 Å². The lowest BCUT2D eigenvalue weighted by Crippen LogP contribution is -2.09. The van der Waals surface area contributed by atoms with Gasteiger partial charge in [-0.25, -0.2) is 0 Å². The van der Waals surface area contributed by atoms with Crippen molar-refractivity contribution in [3.8, 4) is 0 Å². The second-order valence-electron chi connectivity index (χ2n) is 8.95. The molecule has 0 aliphatic rings. The van der Waals surface area contributed by atoms with E-state index in [1.165, 1.54) is 103 Å². The predicted octanol–water partition coefficient (Wildman–Crippen LogP) is 10.6. The largest absolute Gasteiger partial charge is 0.0994 e. The minimum atomic E-state index is 0.285. The molecule has 0 nitrogen and oxygen atoms in total. The Hall–Kier alpha value is 0.860. The highest BCUT2D eigenvalue weighted by atomic mass is 31.2. The van der Waals surface area contributed by atoms with Crippen LogP contribution in [0.15, 0.2) is 0 Å². The molecule has 28 heavy (non-hydrogen) atoms. The first kappa shape index (κ1) is 28.9. The van der Waals surface area contributed by atoms with Gasteiger partial charge in [-0.1, -0.05) is 128 Å². The maximum absolute atomic E-state index is 2.71. The maximum atomic E-state index is 2.71. The Morgan fingerprint density at radius 1 is 0.393 bits per heavy atom. The van der Waals surface area contributed by atoms with Gasteiger partial charge in [-0.3, -0.25) is 0 Å². The zero-order valence-electron chi connectivity index (χ0n) is 20.6. The van der Waals surface area contributed by atoms with Crippen LogP contribution in [0.25, 0.3) is 0 Å². The Bertz CT molecular complexity index is 240. The van der Waals surface area contributed by atoms with Gasteiger partial charge in [-0.15, -0.1) is 0 Å². The van der Waals surface area contributed by atoms with Gasteiger partial charge in [-0.2, -0.15) is 0 Å². The summed E-state index contributed by atoms with van der Waals surface area (Å²) in [7, 11) is 0.571. The molecule has 0 atom stereocenters. The number of hydrogen-bond acceptors (Lipinski definition) is 0. The molecule has 0 N–H and O–H groups in total. The van der Waals surface area contributed by atoms with E-state index in [1.807, 2.05) is 0 Å². The van der Waals surface area contributed by atoms with Gasteiger partial charge in [0.1, 0.15) is 0 Å². The molecule has 0 fully saturated rings. The van der Waals surface area contributed by atoms with Crippen LogP contribution in [-0.2, 0) is 0 Å². The quantitative estimate of drug-likeness (QED) is 0.118. The van der Waals surface area contributed by atoms with Crippen molar-refractivity contribution in [2.24, 2.45) is 0 Å². The van der Waals surface area contributed by atoms with Crippen LogP contribution in [0, 0.1) is 0 Å². The lowest BCUT2D eigenvalue weighted by atomic mass is 10.2. The smallest absolute Gasteiger partial charge is 0.00342 e. The highest BCUT2D eigenvalue weighted by molar-refractivity contribution is 7.75. The van der Waals surface area contributed by atoms with Crippen LogP contribution >= 0.6 is 15.8 Å². The lowest BCUT2D eigenvalue weighted by Gasteiger charge is -2.33. The first-order chi connectivity index (χ1) is 13.7. The van der Waals surface area contributed by atoms with E-state index in [9.17, 15) is 0 Å². The molecule has 2 heteroatoms. The van der Waals surface area contributed by atoms with E-state index in [1.54, 1.807) is 24.6 Å². The fourth-order valence-electron chi connectivity index (χ4n) is 4.17. The van der Waals surface area contributed by atoms with Crippen molar-refractivity contribution in [3.63, 3.8) is 0 Å². The maximum Gasteiger partial charge on any atom is -0.00342 e. The molecule has 0 aliphatic carbocycles. The summed E-state index contributed by atoms with van der Waals surface area (Å²) in [6, 6.07) is 0. The van der Waals surface area contributed by atoms with Crippen LogP contribution in [0.3, 0.4) is 0 Å². The molecule has 0 heterocycles. The van der Waals surface area contributed by atoms with E-state index in [2.05, 4.69) is 34.6 Å². The third-order valence-electron chi connectivity index (χ3n) is 6.25. The minimum absolute atomic E-state index is 0.285. The van der Waals surface area contributed by atoms with E-state index >= 15 is 0 Å². The fourth-order valence-corrected chi connectivity index (χ4v) is 11.9. The molecule has 0 saturated carbocycles. The van der Waals surface area contributed by atoms with Gasteiger partial charge in [0.15, 0.2) is 0 Å². The van der Waals surface area contributed by atoms with Gasteiger partial charge < -0.3 is 0 Å². The molecule has 170 valence electrons. The Labute approximate surface area is 183 Å². The van der Waals surface area contributed by atoms with Crippen molar-refractivity contribution in [3.05, 3.63) is 0 Å². The standard InChI is InChI=1S/C26H56P2/c1-6-10-14-18-22-27(23-19-15-11-7-2)26(5)28(24-20-16-12-8-3)25-21-17-13-9-4/h26H,6-25H2,1-5H3. The number of hydrogen-bond donors (Lipinski definition) is 0. The zero-order chi connectivity index (χ0) is 20.9. The molecule has 0 aromatic rings. The summed E-state index contributed by atoms with van der Waals surface area (Å²) >= 11 is 0. The van der Waals surface area contributed by atoms with Crippen LogP contribution in [0.4, 0.5) is 0 Å². The number of rotatable bonds is 22. The summed E-state index contributed by atoms with van der Waals surface area (Å²) in [5.74, 6) is 0. The Morgan fingerprint density at radius 3 is 0.857 bits per heavy atom. The summed E-state index contributed by atoms with van der Waals surface area (Å²) in [5.41, 5.74) is 0. The molecular formula is C26H56P2. The third-order valence-corrected chi connectivity index (χ3v) is 13.9. The van der Waals surface area contributed by atoms with E-state index < -0.39 is 0 Å². The summed E-state index contributed by atoms with van der Waals surface area (Å²) < 4.78 is 0. The molecule has 0 rings (SSSR count). The van der Waals surface area contributed by atoms with Gasteiger partial charge in [0, 0.05) is 0 Å². The average molecular weight is 431 g/mol. The van der Waals surface area contributed by atoms with Crippen molar-refractivity contribution in [1.29, 1.82) is 0 Å². The van der Waals surface area contributed by atoms with Crippen LogP contribution in [0.1, 0.15) is 137 Å². The molecular weight excluding hydrogens is 374 g/mol. The van der Waals surface area contributed by atoms with Crippen molar-refractivity contribution in [1.82, 2.24) is 0 Å². The SMILES string of the molecule is CCCCCCP(CCCCCC)C(C)P(CCCCCC)CCCCCC. The van der Waals surface area contributed by atoms with Crippen LogP contribution in [0.5, 0.6) is 0 Å². The molecule has 0 unspecified atom stereocenters. The van der Waals surface area contributed by atoms with Crippen molar-refractivity contribution in [2.45, 2.75) is 143 Å². The molecule has 0 aromatic heterocycles. The molecule has 0 saturated heterocycles. The first-order valence-electron chi connectivity index (χ1n) is 13.2. The van der Waals surface area contributed by atoms with Gasteiger partial charge in [-0.05, 0) is 55.7 Å². The molecule has 0 bridgehead atoms. The molecule has 0 spiro atoms. The number of unbranched alkanes of at least 4 members (excludes halogenated alkanes) is 12. The van der Waals surface area contributed by atoms with Gasteiger partial charge in [0.25, 0.3) is 0 Å². The first-order valence-corrected chi connectivity index (χ1v) is 16.7. The second-order valence-corrected chi connectivity index (χ2v) is 15.0. The van der Waals surface area contributed by atoms with Crippen LogP contribution in [0.2, 0.25) is 0 Å². The van der Waals surface area contributed by atoms with Gasteiger partial charge in [0.2, 0.25) is 0 Å². The van der Waals surface area contributed by atoms with Crippen molar-refractivity contribution in [2.75, 3.05) is 24.6 Å². The second kappa shape index (κ2) is 22.5. The van der Waals surface area contributed by atoms with Crippen LogP contribution < -0.4 is 0 Å². The van der Waals surface area contributed by atoms with Gasteiger partial charge in [0.05, 0.1) is 0 Å². The van der Waals surface area contributed by atoms with E-state index in [0.29, 0.717) is 0 Å². The molecule has 0 aliphatic heterocycles.